The van der Waals surface area contributed by atoms with Crippen molar-refractivity contribution in [1.82, 2.24) is 4.90 Å². The molecule has 0 spiro atoms. The minimum atomic E-state index is -1.29. The fraction of sp³-hybridized carbons (Fsp3) is 0.250. The van der Waals surface area contributed by atoms with Gasteiger partial charge in [0, 0.05) is 10.6 Å². The molecule has 2 bridgehead atoms. The first-order valence-electron chi connectivity index (χ1n) is 11.6. The number of rotatable bonds is 4. The van der Waals surface area contributed by atoms with E-state index >= 15 is 0 Å². The van der Waals surface area contributed by atoms with Gasteiger partial charge >= 0.3 is 5.97 Å². The van der Waals surface area contributed by atoms with Crippen molar-refractivity contribution in [3.8, 4) is 0 Å². The van der Waals surface area contributed by atoms with Gasteiger partial charge in [-0.1, -0.05) is 78.3 Å². The van der Waals surface area contributed by atoms with Crippen LogP contribution in [0.4, 0.5) is 0 Å². The molecule has 182 valence electrons. The lowest BCUT2D eigenvalue weighted by molar-refractivity contribution is -0.159. The highest BCUT2D eigenvalue weighted by Crippen LogP contribution is 2.69. The second-order valence-electron chi connectivity index (χ2n) is 9.39. The van der Waals surface area contributed by atoms with Crippen LogP contribution in [0.1, 0.15) is 34.7 Å². The molecule has 0 unspecified atom stereocenters. The molecule has 4 aliphatic rings. The topological polar surface area (TPSA) is 63.7 Å². The summed E-state index contributed by atoms with van der Waals surface area (Å²) in [5.74, 6) is -3.71. The summed E-state index contributed by atoms with van der Waals surface area (Å²) >= 11 is 21.0. The number of imide groups is 1. The molecule has 3 aromatic rings. The summed E-state index contributed by atoms with van der Waals surface area (Å²) in [6, 6.07) is 20.6. The van der Waals surface area contributed by atoms with Crippen LogP contribution in [-0.2, 0) is 35.5 Å². The van der Waals surface area contributed by atoms with Crippen molar-refractivity contribution < 1.29 is 19.1 Å². The Kier molecular flexibility index (Phi) is 5.28. The number of hydrogen-bond acceptors (Lipinski definition) is 4. The maximum absolute atomic E-state index is 13.9. The molecule has 36 heavy (non-hydrogen) atoms. The van der Waals surface area contributed by atoms with Gasteiger partial charge in [0.25, 0.3) is 0 Å². The summed E-state index contributed by atoms with van der Waals surface area (Å²) in [7, 11) is 0. The summed E-state index contributed by atoms with van der Waals surface area (Å²) in [6.45, 7) is 1.40. The van der Waals surface area contributed by atoms with E-state index in [1.54, 1.807) is 24.3 Å². The zero-order valence-electron chi connectivity index (χ0n) is 19.1. The van der Waals surface area contributed by atoms with E-state index in [2.05, 4.69) is 0 Å². The quantitative estimate of drug-likeness (QED) is 0.254. The number of amides is 2. The van der Waals surface area contributed by atoms with Crippen molar-refractivity contribution in [2.24, 2.45) is 11.8 Å². The molecule has 0 aromatic heterocycles. The molecule has 8 heteroatoms. The zero-order chi connectivity index (χ0) is 25.4. The van der Waals surface area contributed by atoms with E-state index in [4.69, 9.17) is 39.5 Å². The standard InChI is InChI=1S/C28H20Cl3NO4/c1-15(26(35)36-14-16-8-2-7-13-21(16)29)32-24(33)22-23(25(32)34)28(31)18-10-4-3-9-17(18)27(22,30)19-11-5-6-12-20(19)28/h2-13,15,22-23H,14H2,1H3/t15-,22-,23+,27?,28?/m1/s1. The van der Waals surface area contributed by atoms with Crippen molar-refractivity contribution in [2.75, 3.05) is 0 Å². The lowest BCUT2D eigenvalue weighted by atomic mass is 9.54. The number of likely N-dealkylation sites (tertiary alicyclic amines) is 1. The van der Waals surface area contributed by atoms with Gasteiger partial charge in [0.15, 0.2) is 0 Å². The molecule has 1 fully saturated rings. The third-order valence-corrected chi connectivity index (χ3v) is 9.33. The summed E-state index contributed by atoms with van der Waals surface area (Å²) < 4.78 is 5.44. The Labute approximate surface area is 222 Å². The van der Waals surface area contributed by atoms with Crippen molar-refractivity contribution in [3.63, 3.8) is 0 Å². The smallest absolute Gasteiger partial charge is 0.329 e. The molecule has 5 nitrogen and oxygen atoms in total. The van der Waals surface area contributed by atoms with E-state index in [0.717, 1.165) is 4.90 Å². The lowest BCUT2D eigenvalue weighted by Crippen LogP contribution is -2.57. The summed E-state index contributed by atoms with van der Waals surface area (Å²) in [5.41, 5.74) is 3.45. The van der Waals surface area contributed by atoms with Crippen LogP contribution in [-0.4, -0.2) is 28.7 Å². The fourth-order valence-electron chi connectivity index (χ4n) is 6.06. The second-order valence-corrected chi connectivity index (χ2v) is 11.0. The van der Waals surface area contributed by atoms with Crippen LogP contribution in [0.25, 0.3) is 0 Å². The number of carbonyl (C=O) groups is 3. The van der Waals surface area contributed by atoms with Crippen LogP contribution < -0.4 is 0 Å². The van der Waals surface area contributed by atoms with Crippen LogP contribution in [0.5, 0.6) is 0 Å². The first-order valence-corrected chi connectivity index (χ1v) is 12.7. The maximum Gasteiger partial charge on any atom is 0.329 e. The van der Waals surface area contributed by atoms with E-state index in [0.29, 0.717) is 32.8 Å². The molecule has 3 atom stereocenters. The lowest BCUT2D eigenvalue weighted by Gasteiger charge is -2.54. The molecule has 7 rings (SSSR count). The average Bonchev–Trinajstić information content (AvgIpc) is 3.17. The minimum Gasteiger partial charge on any atom is -0.459 e. The molecule has 0 N–H and O–H groups in total. The normalized spacial score (nSPS) is 28.4. The minimum absolute atomic E-state index is 0.0817. The molecule has 2 amide bonds. The SMILES string of the molecule is C[C@H](C(=O)OCc1ccccc1Cl)N1C(=O)[C@@H]2[C@H](C1=O)C1(Cl)c3ccccc3C2(Cl)c2ccccc21. The van der Waals surface area contributed by atoms with Gasteiger partial charge in [-0.05, 0) is 35.2 Å². The first kappa shape index (κ1) is 23.5. The predicted octanol–water partition coefficient (Wildman–Crippen LogP) is 5.36. The Morgan fingerprint density at radius 3 is 1.69 bits per heavy atom. The maximum atomic E-state index is 13.9. The van der Waals surface area contributed by atoms with Crippen molar-refractivity contribution in [1.29, 1.82) is 0 Å². The van der Waals surface area contributed by atoms with Crippen LogP contribution in [0.3, 0.4) is 0 Å². The largest absolute Gasteiger partial charge is 0.459 e. The number of ether oxygens (including phenoxy) is 1. The van der Waals surface area contributed by atoms with E-state index in [1.165, 1.54) is 6.92 Å². The fourth-order valence-corrected chi connectivity index (χ4v) is 7.35. The number of hydrogen-bond donors (Lipinski definition) is 0. The first-order chi connectivity index (χ1) is 17.2. The van der Waals surface area contributed by atoms with Crippen molar-refractivity contribution >= 4 is 52.6 Å². The highest BCUT2D eigenvalue weighted by Gasteiger charge is 2.73. The Hall–Kier alpha value is -2.86. The number of esters is 1. The monoisotopic (exact) mass is 539 g/mol. The van der Waals surface area contributed by atoms with Crippen molar-refractivity contribution in [2.45, 2.75) is 29.3 Å². The van der Waals surface area contributed by atoms with Gasteiger partial charge in [-0.2, -0.15) is 0 Å². The molecular formula is C28H20Cl3NO4. The van der Waals surface area contributed by atoms with E-state index in [1.807, 2.05) is 48.5 Å². The molecule has 3 aromatic carbocycles. The molecule has 1 saturated heterocycles. The Morgan fingerprint density at radius 2 is 1.25 bits per heavy atom. The number of alkyl halides is 2. The number of nitrogens with zero attached hydrogens (tertiary/aromatic N) is 1. The van der Waals surface area contributed by atoms with Gasteiger partial charge < -0.3 is 4.74 Å². The Bertz CT molecular complexity index is 1330. The second kappa shape index (κ2) is 8.07. The van der Waals surface area contributed by atoms with Gasteiger partial charge in [0.05, 0.1) is 11.8 Å². The Balaban J connectivity index is 1.40. The summed E-state index contributed by atoms with van der Waals surface area (Å²) in [4.78, 5) is 39.2. The number of benzene rings is 3. The molecule has 0 saturated carbocycles. The Morgan fingerprint density at radius 1 is 0.833 bits per heavy atom. The third kappa shape index (κ3) is 2.88. The van der Waals surface area contributed by atoms with Gasteiger partial charge in [-0.3, -0.25) is 14.5 Å². The highest BCUT2D eigenvalue weighted by atomic mass is 35.5. The summed E-state index contributed by atoms with van der Waals surface area (Å²) in [5, 5.41) is 0.456. The van der Waals surface area contributed by atoms with E-state index in [9.17, 15) is 14.4 Å². The predicted molar refractivity (Wildman–Crippen MR) is 136 cm³/mol. The van der Waals surface area contributed by atoms with Gasteiger partial charge in [0.1, 0.15) is 22.4 Å². The van der Waals surface area contributed by atoms with E-state index in [-0.39, 0.29) is 6.61 Å². The van der Waals surface area contributed by atoms with Gasteiger partial charge in [0.2, 0.25) is 11.8 Å². The zero-order valence-corrected chi connectivity index (χ0v) is 21.3. The van der Waals surface area contributed by atoms with Crippen LogP contribution in [0.15, 0.2) is 72.8 Å². The molecule has 3 aliphatic carbocycles. The molecule has 1 heterocycles. The van der Waals surface area contributed by atoms with Crippen molar-refractivity contribution in [3.05, 3.63) is 106 Å². The number of carbonyl (C=O) groups excluding carboxylic acids is 3. The van der Waals surface area contributed by atoms with Gasteiger partial charge in [-0.25, -0.2) is 4.79 Å². The third-order valence-electron chi connectivity index (χ3n) is 7.68. The van der Waals surface area contributed by atoms with Crippen LogP contribution >= 0.6 is 34.8 Å². The van der Waals surface area contributed by atoms with Crippen LogP contribution in [0, 0.1) is 11.8 Å². The molecule has 1 aliphatic heterocycles. The number of halogens is 3. The van der Waals surface area contributed by atoms with Crippen LogP contribution in [0.2, 0.25) is 5.02 Å². The molecule has 0 radical (unpaired) electrons. The van der Waals surface area contributed by atoms with E-state index < -0.39 is 45.4 Å². The molecular weight excluding hydrogens is 521 g/mol. The highest BCUT2D eigenvalue weighted by molar-refractivity contribution is 6.36. The summed E-state index contributed by atoms with van der Waals surface area (Å²) in [6.07, 6.45) is 0. The van der Waals surface area contributed by atoms with Gasteiger partial charge in [-0.15, -0.1) is 23.2 Å². The average molecular weight is 541 g/mol.